The molecule has 8 nitrogen and oxygen atoms in total. The Kier molecular flexibility index (Phi) is 5.18. The van der Waals surface area contributed by atoms with Gasteiger partial charge >= 0.3 is 7.82 Å². The molecular formula is C12H12ClFN3O5P. The molecule has 0 bridgehead atoms. The van der Waals surface area contributed by atoms with Gasteiger partial charge in [0.05, 0.1) is 5.69 Å². The minimum absolute atomic E-state index is 0.0552. The highest BCUT2D eigenvalue weighted by atomic mass is 35.5. The maximum atomic E-state index is 13.7. The topological polar surface area (TPSA) is 114 Å². The summed E-state index contributed by atoms with van der Waals surface area (Å²) in [7, 11) is -4.75. The summed E-state index contributed by atoms with van der Waals surface area (Å²) < 4.78 is 29.6. The van der Waals surface area contributed by atoms with E-state index in [-0.39, 0.29) is 16.5 Å². The van der Waals surface area contributed by atoms with E-state index in [1.165, 1.54) is 12.1 Å². The normalized spacial score (nSPS) is 11.5. The Bertz CT molecular complexity index is 791. The van der Waals surface area contributed by atoms with Crippen molar-refractivity contribution >= 4 is 31.0 Å². The van der Waals surface area contributed by atoms with E-state index in [0.29, 0.717) is 5.56 Å². The van der Waals surface area contributed by atoms with Crippen LogP contribution < -0.4 is 5.32 Å². The number of nitrogens with zero attached hydrogens (tertiary/aromatic N) is 2. The van der Waals surface area contributed by atoms with Gasteiger partial charge in [-0.25, -0.2) is 13.6 Å². The lowest BCUT2D eigenvalue weighted by atomic mass is 10.2. The van der Waals surface area contributed by atoms with Gasteiger partial charge in [0.25, 0.3) is 5.91 Å². The summed E-state index contributed by atoms with van der Waals surface area (Å²) in [5, 5.41) is 5.90. The number of anilines is 1. The van der Waals surface area contributed by atoms with Crippen molar-refractivity contribution in [2.24, 2.45) is 0 Å². The van der Waals surface area contributed by atoms with E-state index in [9.17, 15) is 13.8 Å². The van der Waals surface area contributed by atoms with E-state index in [2.05, 4.69) is 14.9 Å². The maximum absolute atomic E-state index is 13.7. The molecule has 3 N–H and O–H groups in total. The van der Waals surface area contributed by atoms with Crippen LogP contribution in [-0.4, -0.2) is 25.5 Å². The molecule has 0 radical (unpaired) electrons. The first kappa shape index (κ1) is 17.6. The van der Waals surface area contributed by atoms with E-state index < -0.39 is 26.3 Å². The Labute approximate surface area is 135 Å². The van der Waals surface area contributed by atoms with Gasteiger partial charge in [-0.1, -0.05) is 17.7 Å². The lowest BCUT2D eigenvalue weighted by molar-refractivity contribution is 0.0986. The van der Waals surface area contributed by atoms with E-state index in [0.717, 1.165) is 10.7 Å². The van der Waals surface area contributed by atoms with Gasteiger partial charge in [-0.2, -0.15) is 5.10 Å². The molecule has 1 heterocycles. The molecule has 0 aliphatic heterocycles. The Balaban J connectivity index is 2.20. The first-order valence-corrected chi connectivity index (χ1v) is 8.07. The van der Waals surface area contributed by atoms with E-state index in [1.54, 1.807) is 13.0 Å². The van der Waals surface area contributed by atoms with Crippen LogP contribution in [0.4, 0.5) is 10.1 Å². The highest BCUT2D eigenvalue weighted by molar-refractivity contribution is 7.46. The van der Waals surface area contributed by atoms with Gasteiger partial charge in [0.1, 0.15) is 11.5 Å². The molecule has 0 fully saturated rings. The summed E-state index contributed by atoms with van der Waals surface area (Å²) in [4.78, 5) is 29.5. The van der Waals surface area contributed by atoms with Gasteiger partial charge in [0, 0.05) is 6.07 Å². The Hall–Kier alpha value is -1.77. The third-order valence-electron chi connectivity index (χ3n) is 2.70. The third kappa shape index (κ3) is 4.85. The summed E-state index contributed by atoms with van der Waals surface area (Å²) in [6, 6.07) is 5.40. The summed E-state index contributed by atoms with van der Waals surface area (Å²) >= 11 is 5.68. The number of aryl methyl sites for hydroxylation is 1. The molecular weight excluding hydrogens is 352 g/mol. The predicted octanol–water partition coefficient (Wildman–Crippen LogP) is 2.30. The molecule has 0 saturated carbocycles. The molecule has 1 amide bonds. The van der Waals surface area contributed by atoms with Gasteiger partial charge < -0.3 is 15.1 Å². The molecule has 1 aromatic heterocycles. The molecule has 0 aliphatic carbocycles. The van der Waals surface area contributed by atoms with Crippen LogP contribution in [0.15, 0.2) is 24.3 Å². The van der Waals surface area contributed by atoms with Crippen molar-refractivity contribution < 1.29 is 28.1 Å². The number of aromatic nitrogens is 2. The number of benzene rings is 1. The zero-order chi connectivity index (χ0) is 17.2. The monoisotopic (exact) mass is 363 g/mol. The largest absolute Gasteiger partial charge is 0.471 e. The fourth-order valence-electron chi connectivity index (χ4n) is 1.70. The van der Waals surface area contributed by atoms with Gasteiger partial charge in [0.2, 0.25) is 0 Å². The molecule has 2 aromatic rings. The first-order valence-electron chi connectivity index (χ1n) is 6.16. The second-order valence-electron chi connectivity index (χ2n) is 4.54. The number of carbonyl (C=O) groups is 1. The fourth-order valence-corrected chi connectivity index (χ4v) is 2.16. The predicted molar refractivity (Wildman–Crippen MR) is 79.5 cm³/mol. The van der Waals surface area contributed by atoms with Crippen LogP contribution in [0, 0.1) is 12.7 Å². The molecule has 11 heteroatoms. The van der Waals surface area contributed by atoms with Crippen LogP contribution in [0.2, 0.25) is 5.15 Å². The molecule has 0 aliphatic rings. The molecule has 1 aromatic carbocycles. The highest BCUT2D eigenvalue weighted by Gasteiger charge is 2.20. The molecule has 0 spiro atoms. The summed E-state index contributed by atoms with van der Waals surface area (Å²) in [6.07, 6.45) is 0. The zero-order valence-corrected chi connectivity index (χ0v) is 13.4. The number of carbonyl (C=O) groups excluding carboxylic acids is 1. The lowest BCUT2D eigenvalue weighted by Gasteiger charge is -2.10. The second kappa shape index (κ2) is 6.77. The van der Waals surface area contributed by atoms with Crippen LogP contribution in [-0.2, 0) is 15.8 Å². The van der Waals surface area contributed by atoms with Crippen molar-refractivity contribution in [3.05, 3.63) is 46.5 Å². The van der Waals surface area contributed by atoms with Crippen molar-refractivity contribution in [2.75, 3.05) is 5.32 Å². The summed E-state index contributed by atoms with van der Waals surface area (Å²) in [5.74, 6) is -1.39. The molecule has 124 valence electrons. The van der Waals surface area contributed by atoms with Gasteiger partial charge in [-0.3, -0.25) is 9.32 Å². The van der Waals surface area contributed by atoms with Crippen molar-refractivity contribution in [2.45, 2.75) is 13.7 Å². The number of phosphoric acid groups is 1. The van der Waals surface area contributed by atoms with Crippen LogP contribution in [0.1, 0.15) is 16.1 Å². The molecule has 2 rings (SSSR count). The number of rotatable bonds is 5. The van der Waals surface area contributed by atoms with Gasteiger partial charge in [-0.15, -0.1) is 0 Å². The van der Waals surface area contributed by atoms with E-state index >= 15 is 0 Å². The maximum Gasteiger partial charge on any atom is 0.471 e. The van der Waals surface area contributed by atoms with E-state index in [1.807, 2.05) is 0 Å². The number of phosphoric ester groups is 1. The summed E-state index contributed by atoms with van der Waals surface area (Å²) in [6.45, 7) is 0.999. The van der Waals surface area contributed by atoms with Crippen molar-refractivity contribution in [1.82, 2.24) is 9.78 Å². The van der Waals surface area contributed by atoms with Crippen molar-refractivity contribution in [3.63, 3.8) is 0 Å². The SMILES string of the molecule is Cc1ccc(NC(=O)c2cc(Cl)nn2COP(=O)(O)O)c(F)c1. The molecule has 0 unspecified atom stereocenters. The molecule has 23 heavy (non-hydrogen) atoms. The Morgan fingerprint density at radius 1 is 1.48 bits per heavy atom. The number of halogens is 2. The zero-order valence-electron chi connectivity index (χ0n) is 11.7. The average Bonchev–Trinajstić information content (AvgIpc) is 2.80. The van der Waals surface area contributed by atoms with Crippen molar-refractivity contribution in [3.8, 4) is 0 Å². The average molecular weight is 364 g/mol. The van der Waals surface area contributed by atoms with Crippen LogP contribution in [0.25, 0.3) is 0 Å². The first-order chi connectivity index (χ1) is 10.7. The van der Waals surface area contributed by atoms with E-state index in [4.69, 9.17) is 21.4 Å². The third-order valence-corrected chi connectivity index (χ3v) is 3.34. The quantitative estimate of drug-likeness (QED) is 0.702. The minimum atomic E-state index is -4.75. The number of nitrogens with one attached hydrogen (secondary N) is 1. The second-order valence-corrected chi connectivity index (χ2v) is 6.16. The fraction of sp³-hybridized carbons (Fsp3) is 0.167. The number of hydrogen-bond acceptors (Lipinski definition) is 4. The van der Waals surface area contributed by atoms with Gasteiger partial charge in [0.15, 0.2) is 11.9 Å². The summed E-state index contributed by atoms with van der Waals surface area (Å²) in [5.41, 5.74) is 0.479. The van der Waals surface area contributed by atoms with Crippen molar-refractivity contribution in [1.29, 1.82) is 0 Å². The standard InChI is InChI=1S/C12H12ClFN3O5P/c1-7-2-3-9(8(14)4-7)15-12(18)10-5-11(13)16-17(10)6-22-23(19,20)21/h2-5H,6H2,1H3,(H,15,18)(H2,19,20,21). The smallest absolute Gasteiger partial charge is 0.318 e. The Morgan fingerprint density at radius 3 is 2.78 bits per heavy atom. The van der Waals surface area contributed by atoms with Crippen LogP contribution in [0.5, 0.6) is 0 Å². The molecule has 0 atom stereocenters. The van der Waals surface area contributed by atoms with Gasteiger partial charge in [-0.05, 0) is 24.6 Å². The number of hydrogen-bond donors (Lipinski definition) is 3. The number of amides is 1. The van der Waals surface area contributed by atoms with Crippen LogP contribution in [0.3, 0.4) is 0 Å². The Morgan fingerprint density at radius 2 is 2.17 bits per heavy atom. The lowest BCUT2D eigenvalue weighted by Crippen LogP contribution is -2.19. The molecule has 0 saturated heterocycles. The minimum Gasteiger partial charge on any atom is -0.318 e. The highest BCUT2D eigenvalue weighted by Crippen LogP contribution is 2.36. The van der Waals surface area contributed by atoms with Crippen LogP contribution >= 0.6 is 19.4 Å².